The van der Waals surface area contributed by atoms with E-state index in [9.17, 15) is 4.79 Å². The van der Waals surface area contributed by atoms with Crippen molar-refractivity contribution in [3.8, 4) is 11.5 Å². The summed E-state index contributed by atoms with van der Waals surface area (Å²) < 4.78 is 11.9. The van der Waals surface area contributed by atoms with Crippen LogP contribution in [0.5, 0.6) is 11.5 Å². The van der Waals surface area contributed by atoms with Crippen molar-refractivity contribution in [3.05, 3.63) is 56.5 Å². The molecule has 0 atom stereocenters. The second-order valence-corrected chi connectivity index (χ2v) is 6.16. The molecule has 0 aliphatic heterocycles. The Morgan fingerprint density at radius 3 is 2.43 bits per heavy atom. The van der Waals surface area contributed by atoms with Crippen LogP contribution in [0.2, 0.25) is 0 Å². The zero-order valence-electron chi connectivity index (χ0n) is 12.5. The fourth-order valence-electron chi connectivity index (χ4n) is 1.84. The molecule has 0 radical (unpaired) electrons. The third kappa shape index (κ3) is 4.56. The highest BCUT2D eigenvalue weighted by Crippen LogP contribution is 2.33. The lowest BCUT2D eigenvalue weighted by atomic mass is 10.2. The van der Waals surface area contributed by atoms with Crippen LogP contribution in [-0.4, -0.2) is 26.3 Å². The zero-order chi connectivity index (χ0) is 16.8. The molecule has 2 aromatic rings. The summed E-state index contributed by atoms with van der Waals surface area (Å²) >= 11 is 6.83. The second kappa shape index (κ2) is 8.12. The summed E-state index contributed by atoms with van der Waals surface area (Å²) in [7, 11) is 3.14. The van der Waals surface area contributed by atoms with Crippen LogP contribution >= 0.6 is 31.9 Å². The first kappa shape index (κ1) is 17.5. The molecule has 0 unspecified atom stereocenters. The van der Waals surface area contributed by atoms with Crippen LogP contribution in [0, 0.1) is 0 Å². The van der Waals surface area contributed by atoms with E-state index in [2.05, 4.69) is 42.4 Å². The largest absolute Gasteiger partial charge is 0.497 e. The van der Waals surface area contributed by atoms with E-state index in [0.29, 0.717) is 17.1 Å². The molecule has 5 nitrogen and oxygen atoms in total. The van der Waals surface area contributed by atoms with Crippen LogP contribution in [0.25, 0.3) is 0 Å². The first-order chi connectivity index (χ1) is 11.0. The predicted octanol–water partition coefficient (Wildman–Crippen LogP) is 3.99. The number of benzene rings is 2. The quantitative estimate of drug-likeness (QED) is 0.563. The smallest absolute Gasteiger partial charge is 0.271 e. The van der Waals surface area contributed by atoms with E-state index >= 15 is 0 Å². The number of carbonyl (C=O) groups excluding carboxylic acids is 1. The highest BCUT2D eigenvalue weighted by Gasteiger charge is 2.07. The summed E-state index contributed by atoms with van der Waals surface area (Å²) in [4.78, 5) is 12.0. The molecule has 1 N–H and O–H groups in total. The molecule has 0 fully saturated rings. The van der Waals surface area contributed by atoms with Gasteiger partial charge >= 0.3 is 0 Å². The Morgan fingerprint density at radius 2 is 1.83 bits per heavy atom. The third-order valence-electron chi connectivity index (χ3n) is 2.94. The average Bonchev–Trinajstić information content (AvgIpc) is 2.54. The van der Waals surface area contributed by atoms with Crippen molar-refractivity contribution in [1.29, 1.82) is 0 Å². The number of rotatable bonds is 5. The number of nitrogens with zero attached hydrogens (tertiary/aromatic N) is 1. The van der Waals surface area contributed by atoms with Crippen molar-refractivity contribution in [2.45, 2.75) is 0 Å². The molecule has 0 spiro atoms. The highest BCUT2D eigenvalue weighted by atomic mass is 79.9. The van der Waals surface area contributed by atoms with Gasteiger partial charge in [-0.3, -0.25) is 4.79 Å². The standard InChI is InChI=1S/C16H14Br2N2O3/c1-22-12-5-3-4-11(8-12)16(21)20-19-9-10-6-13(17)15(23-2)14(18)7-10/h3-9H,1-2H3,(H,20,21)/b19-9+. The molecule has 2 aromatic carbocycles. The molecule has 1 amide bonds. The summed E-state index contributed by atoms with van der Waals surface area (Å²) in [5.41, 5.74) is 3.75. The molecule has 0 saturated heterocycles. The van der Waals surface area contributed by atoms with E-state index in [1.807, 2.05) is 12.1 Å². The van der Waals surface area contributed by atoms with Gasteiger partial charge in [0.15, 0.2) is 0 Å². The molecule has 0 saturated carbocycles. The minimum absolute atomic E-state index is 0.313. The number of hydrazone groups is 1. The average molecular weight is 442 g/mol. The maximum atomic E-state index is 12.0. The van der Waals surface area contributed by atoms with E-state index in [-0.39, 0.29) is 5.91 Å². The lowest BCUT2D eigenvalue weighted by Crippen LogP contribution is -2.17. The Kier molecular flexibility index (Phi) is 6.18. The van der Waals surface area contributed by atoms with Crippen molar-refractivity contribution in [1.82, 2.24) is 5.43 Å². The van der Waals surface area contributed by atoms with Gasteiger partial charge in [0.25, 0.3) is 5.91 Å². The minimum atomic E-state index is -0.313. The monoisotopic (exact) mass is 440 g/mol. The molecule has 0 heterocycles. The van der Waals surface area contributed by atoms with Crippen molar-refractivity contribution in [3.63, 3.8) is 0 Å². The Labute approximate surface area is 150 Å². The first-order valence-corrected chi connectivity index (χ1v) is 8.14. The summed E-state index contributed by atoms with van der Waals surface area (Å²) in [6.07, 6.45) is 1.55. The van der Waals surface area contributed by atoms with E-state index in [1.165, 1.54) is 0 Å². The Morgan fingerprint density at radius 1 is 1.13 bits per heavy atom. The molecule has 0 aliphatic carbocycles. The van der Waals surface area contributed by atoms with Gasteiger partial charge in [-0.05, 0) is 67.8 Å². The SMILES string of the molecule is COc1cccc(C(=O)N/N=C/c2cc(Br)c(OC)c(Br)c2)c1. The Hall–Kier alpha value is -1.86. The van der Waals surface area contributed by atoms with Gasteiger partial charge in [0.2, 0.25) is 0 Å². The van der Waals surface area contributed by atoms with Crippen LogP contribution in [0.3, 0.4) is 0 Å². The number of amides is 1. The molecular formula is C16H14Br2N2O3. The highest BCUT2D eigenvalue weighted by molar-refractivity contribution is 9.11. The lowest BCUT2D eigenvalue weighted by Gasteiger charge is -2.07. The minimum Gasteiger partial charge on any atom is -0.497 e. The predicted molar refractivity (Wildman–Crippen MR) is 96.4 cm³/mol. The normalized spacial score (nSPS) is 10.6. The van der Waals surface area contributed by atoms with Crippen LogP contribution < -0.4 is 14.9 Å². The summed E-state index contributed by atoms with van der Waals surface area (Å²) in [5, 5.41) is 3.96. The number of carbonyl (C=O) groups is 1. The van der Waals surface area contributed by atoms with Gasteiger partial charge in [-0.25, -0.2) is 5.43 Å². The van der Waals surface area contributed by atoms with E-state index in [1.54, 1.807) is 44.7 Å². The first-order valence-electron chi connectivity index (χ1n) is 6.55. The molecule has 7 heteroatoms. The van der Waals surface area contributed by atoms with Gasteiger partial charge in [-0.1, -0.05) is 6.07 Å². The van der Waals surface area contributed by atoms with Crippen molar-refractivity contribution < 1.29 is 14.3 Å². The summed E-state index contributed by atoms with van der Waals surface area (Å²) in [6, 6.07) is 10.5. The molecule has 120 valence electrons. The molecule has 0 aliphatic rings. The number of methoxy groups -OCH3 is 2. The Balaban J connectivity index is 2.08. The van der Waals surface area contributed by atoms with Gasteiger partial charge in [-0.2, -0.15) is 5.10 Å². The van der Waals surface area contributed by atoms with Gasteiger partial charge in [0.05, 0.1) is 29.4 Å². The number of hydrogen-bond donors (Lipinski definition) is 1. The lowest BCUT2D eigenvalue weighted by molar-refractivity contribution is 0.0955. The molecular weight excluding hydrogens is 428 g/mol. The maximum Gasteiger partial charge on any atom is 0.271 e. The summed E-state index contributed by atoms with van der Waals surface area (Å²) in [5.74, 6) is 0.999. The fourth-order valence-corrected chi connectivity index (χ4v) is 3.39. The zero-order valence-corrected chi connectivity index (χ0v) is 15.6. The van der Waals surface area contributed by atoms with E-state index < -0.39 is 0 Å². The van der Waals surface area contributed by atoms with Crippen molar-refractivity contribution in [2.75, 3.05) is 14.2 Å². The topological polar surface area (TPSA) is 59.9 Å². The van der Waals surface area contributed by atoms with Crippen LogP contribution in [-0.2, 0) is 0 Å². The van der Waals surface area contributed by atoms with Gasteiger partial charge in [-0.15, -0.1) is 0 Å². The van der Waals surface area contributed by atoms with Crippen LogP contribution in [0.4, 0.5) is 0 Å². The molecule has 2 rings (SSSR count). The van der Waals surface area contributed by atoms with Gasteiger partial charge in [0, 0.05) is 5.56 Å². The molecule has 0 bridgehead atoms. The number of halogens is 2. The fraction of sp³-hybridized carbons (Fsp3) is 0.125. The van der Waals surface area contributed by atoms with Gasteiger partial charge in [0.1, 0.15) is 11.5 Å². The van der Waals surface area contributed by atoms with Crippen molar-refractivity contribution in [2.24, 2.45) is 5.10 Å². The maximum absolute atomic E-state index is 12.0. The summed E-state index contributed by atoms with van der Waals surface area (Å²) in [6.45, 7) is 0. The number of ether oxygens (including phenoxy) is 2. The van der Waals surface area contributed by atoms with Gasteiger partial charge < -0.3 is 9.47 Å². The molecule has 0 aromatic heterocycles. The number of nitrogens with one attached hydrogen (secondary N) is 1. The molecule has 23 heavy (non-hydrogen) atoms. The van der Waals surface area contributed by atoms with E-state index in [4.69, 9.17) is 9.47 Å². The van der Waals surface area contributed by atoms with E-state index in [0.717, 1.165) is 14.5 Å². The van der Waals surface area contributed by atoms with Crippen molar-refractivity contribution >= 4 is 44.0 Å². The third-order valence-corrected chi connectivity index (χ3v) is 4.11. The van der Waals surface area contributed by atoms with Crippen LogP contribution in [0.15, 0.2) is 50.4 Å². The number of hydrogen-bond acceptors (Lipinski definition) is 4. The second-order valence-electron chi connectivity index (χ2n) is 4.45. The van der Waals surface area contributed by atoms with Crippen LogP contribution in [0.1, 0.15) is 15.9 Å². The Bertz CT molecular complexity index is 725.